The van der Waals surface area contributed by atoms with Crippen molar-refractivity contribution < 1.29 is 105 Å². The van der Waals surface area contributed by atoms with E-state index in [1.54, 1.807) is 0 Å². The van der Waals surface area contributed by atoms with Crippen LogP contribution in [0.4, 0.5) is 0 Å². The molecule has 3 heterocycles. The maximum atomic E-state index is 12.8. The third-order valence-electron chi connectivity index (χ3n) is 8.24. The van der Waals surface area contributed by atoms with Gasteiger partial charge in [0.15, 0.2) is 61.6 Å². The zero-order valence-corrected chi connectivity index (χ0v) is 34.1. The smallest absolute Gasteiger partial charge is 0.303 e. The minimum Gasteiger partial charge on any atom is -0.463 e. The quantitative estimate of drug-likeness (QED) is 0.123. The van der Waals surface area contributed by atoms with E-state index in [0.717, 1.165) is 55.4 Å². The predicted molar refractivity (Wildman–Crippen MR) is 185 cm³/mol. The molecule has 0 radical (unpaired) electrons. The number of halogens is 2. The lowest BCUT2D eigenvalue weighted by molar-refractivity contribution is -0.375. The number of aliphatic hydroxyl groups is 1. The Kier molecular flexibility index (Phi) is 18.3. The van der Waals surface area contributed by atoms with Crippen molar-refractivity contribution in [3.63, 3.8) is 0 Å². The van der Waals surface area contributed by atoms with Gasteiger partial charge in [-0.05, 0) is 0 Å². The molecule has 0 bridgehead atoms. The molecule has 15 atom stereocenters. The summed E-state index contributed by atoms with van der Waals surface area (Å²) in [6, 6.07) is 0. The van der Waals surface area contributed by atoms with Crippen LogP contribution in [-0.4, -0.2) is 163 Å². The molecule has 0 aliphatic carbocycles. The Morgan fingerprint density at radius 3 is 1.12 bits per heavy atom. The fraction of sp³-hybridized carbons (Fsp3) is 0.765. The topological polar surface area (TPSA) is 277 Å². The minimum absolute atomic E-state index is 0.419. The zero-order valence-electron chi connectivity index (χ0n) is 32.6. The molecule has 0 aromatic rings. The molecular formula is C34H46Cl2O22. The highest BCUT2D eigenvalue weighted by Gasteiger charge is 2.59. The second-order valence-electron chi connectivity index (χ2n) is 13.0. The van der Waals surface area contributed by atoms with E-state index in [-0.39, 0.29) is 0 Å². The van der Waals surface area contributed by atoms with Gasteiger partial charge in [0, 0.05) is 55.4 Å². The van der Waals surface area contributed by atoms with Crippen LogP contribution in [-0.2, 0) is 99.9 Å². The highest BCUT2D eigenvalue weighted by Crippen LogP contribution is 2.38. The summed E-state index contributed by atoms with van der Waals surface area (Å²) in [6.07, 6.45) is -25.0. The maximum Gasteiger partial charge on any atom is 0.303 e. The van der Waals surface area contributed by atoms with Gasteiger partial charge in [-0.15, -0.1) is 23.2 Å². The maximum absolute atomic E-state index is 12.8. The van der Waals surface area contributed by atoms with Crippen molar-refractivity contribution in [2.24, 2.45) is 0 Å². The van der Waals surface area contributed by atoms with E-state index in [1.807, 2.05) is 0 Å². The number of esters is 8. The molecule has 22 nitrogen and oxygen atoms in total. The van der Waals surface area contributed by atoms with Crippen LogP contribution in [0.25, 0.3) is 0 Å². The number of carbonyl (C=O) groups is 8. The first kappa shape index (κ1) is 48.5. The van der Waals surface area contributed by atoms with E-state index < -0.39 is 158 Å². The van der Waals surface area contributed by atoms with Crippen molar-refractivity contribution in [2.45, 2.75) is 148 Å². The summed E-state index contributed by atoms with van der Waals surface area (Å²) in [5, 5.41) is 10.7. The first-order chi connectivity index (χ1) is 27.2. The average molecular weight is 878 g/mol. The van der Waals surface area contributed by atoms with Gasteiger partial charge in [0.1, 0.15) is 37.1 Å². The van der Waals surface area contributed by atoms with E-state index in [9.17, 15) is 43.5 Å². The molecule has 0 spiro atoms. The number of hydrogen-bond acceptors (Lipinski definition) is 22. The SMILES string of the molecule is CC(=O)OC[C@H]1O[C@H](O[C@H]2[C@H](OC(C)=O)[C@@H](OC(C)=O)[C@H](O)O[C@@H]2CCl)[C@H](OC(C)=O)[C@@H](OC(C)=O)[C@@H]1O[C@H]1O[C@H](CCl)[C@@H](OC(C)=O)[C@H](OC(C)=O)[C@H]1OC(C)=O. The van der Waals surface area contributed by atoms with Gasteiger partial charge in [-0.2, -0.15) is 0 Å². The summed E-state index contributed by atoms with van der Waals surface area (Å²) >= 11 is 12.4. The molecule has 0 aromatic carbocycles. The minimum atomic E-state index is -1.89. The van der Waals surface area contributed by atoms with Crippen molar-refractivity contribution in [3.05, 3.63) is 0 Å². The van der Waals surface area contributed by atoms with Crippen LogP contribution in [0.1, 0.15) is 55.4 Å². The van der Waals surface area contributed by atoms with Gasteiger partial charge in [0.25, 0.3) is 0 Å². The Labute approximate surface area is 341 Å². The van der Waals surface area contributed by atoms with Gasteiger partial charge in [0.2, 0.25) is 0 Å². The predicted octanol–water partition coefficient (Wildman–Crippen LogP) is -0.514. The van der Waals surface area contributed by atoms with Gasteiger partial charge in [0.05, 0.1) is 11.8 Å². The van der Waals surface area contributed by atoms with E-state index in [2.05, 4.69) is 0 Å². The average Bonchev–Trinajstić information content (AvgIpc) is 3.09. The lowest BCUT2D eigenvalue weighted by Crippen LogP contribution is -2.68. The normalized spacial score (nSPS) is 34.6. The van der Waals surface area contributed by atoms with Crippen LogP contribution in [0.2, 0.25) is 0 Å². The van der Waals surface area contributed by atoms with E-state index in [1.165, 1.54) is 0 Å². The summed E-state index contributed by atoms with van der Waals surface area (Å²) in [5.41, 5.74) is 0. The number of rotatable bonds is 15. The number of ether oxygens (including phenoxy) is 13. The Bertz CT molecular complexity index is 1510. The number of aliphatic hydroxyl groups excluding tert-OH is 1. The second kappa shape index (κ2) is 21.9. The molecule has 3 aliphatic rings. The number of hydrogen-bond donors (Lipinski definition) is 1. The fourth-order valence-electron chi connectivity index (χ4n) is 6.35. The van der Waals surface area contributed by atoms with Gasteiger partial charge < -0.3 is 66.7 Å². The summed E-state index contributed by atoms with van der Waals surface area (Å²) in [6.45, 7) is 7.40. The molecule has 24 heteroatoms. The van der Waals surface area contributed by atoms with Crippen LogP contribution in [0.5, 0.6) is 0 Å². The lowest BCUT2D eigenvalue weighted by Gasteiger charge is -2.50. The highest BCUT2D eigenvalue weighted by molar-refractivity contribution is 6.18. The second-order valence-corrected chi connectivity index (χ2v) is 13.6. The van der Waals surface area contributed by atoms with Crippen molar-refractivity contribution in [1.29, 1.82) is 0 Å². The van der Waals surface area contributed by atoms with Gasteiger partial charge >= 0.3 is 47.8 Å². The van der Waals surface area contributed by atoms with Gasteiger partial charge in [-0.1, -0.05) is 0 Å². The van der Waals surface area contributed by atoms with Crippen molar-refractivity contribution in [1.82, 2.24) is 0 Å². The molecule has 3 saturated heterocycles. The Morgan fingerprint density at radius 2 is 0.724 bits per heavy atom. The molecule has 328 valence electrons. The Hall–Kier alpha value is -3.90. The number of alkyl halides is 2. The summed E-state index contributed by atoms with van der Waals surface area (Å²) in [4.78, 5) is 98.7. The van der Waals surface area contributed by atoms with Gasteiger partial charge in [-0.25, -0.2) is 0 Å². The van der Waals surface area contributed by atoms with E-state index in [0.29, 0.717) is 0 Å². The Balaban J connectivity index is 2.21. The molecule has 0 unspecified atom stereocenters. The monoisotopic (exact) mass is 876 g/mol. The first-order valence-electron chi connectivity index (χ1n) is 17.6. The number of carbonyl (C=O) groups excluding carboxylic acids is 8. The standard InChI is InChI=1S/C34H46Cl2O22/c1-12(37)46-11-22-25(58-33-30(52-18(7)43)27(49-15(4)40)23(47-13(2)38)21(10-36)55-33)28(50-16(5)41)31(53-19(8)44)34(56-22)57-24-20(9-35)54-32(45)29(51-17(6)42)26(24)48-14(3)39/h20-34,45H,9-11H2,1-8H3/t20-,21-,22-,23-,24-,25-,26+,27+,28+,29-,30-,31-,32-,33-,34-/m1/s1. The lowest BCUT2D eigenvalue weighted by atomic mass is 9.95. The molecule has 3 aliphatic heterocycles. The van der Waals surface area contributed by atoms with Crippen LogP contribution in [0.15, 0.2) is 0 Å². The van der Waals surface area contributed by atoms with E-state index >= 15 is 0 Å². The zero-order chi connectivity index (χ0) is 43.6. The Morgan fingerprint density at radius 1 is 0.414 bits per heavy atom. The first-order valence-corrected chi connectivity index (χ1v) is 18.6. The van der Waals surface area contributed by atoms with Crippen LogP contribution >= 0.6 is 23.2 Å². The largest absolute Gasteiger partial charge is 0.463 e. The molecule has 1 N–H and O–H groups in total. The van der Waals surface area contributed by atoms with E-state index in [4.69, 9.17) is 84.8 Å². The van der Waals surface area contributed by atoms with Crippen LogP contribution < -0.4 is 0 Å². The molecule has 0 saturated carbocycles. The van der Waals surface area contributed by atoms with Crippen molar-refractivity contribution in [2.75, 3.05) is 18.4 Å². The van der Waals surface area contributed by atoms with Gasteiger partial charge in [-0.3, -0.25) is 38.4 Å². The molecule has 0 aromatic heterocycles. The highest BCUT2D eigenvalue weighted by atomic mass is 35.5. The third kappa shape index (κ3) is 13.3. The molecule has 58 heavy (non-hydrogen) atoms. The summed E-state index contributed by atoms with van der Waals surface area (Å²) in [7, 11) is 0. The van der Waals surface area contributed by atoms with Crippen LogP contribution in [0.3, 0.4) is 0 Å². The molecule has 3 rings (SSSR count). The summed E-state index contributed by atoms with van der Waals surface area (Å²) in [5.74, 6) is -8.24. The van der Waals surface area contributed by atoms with Crippen LogP contribution in [0, 0.1) is 0 Å². The summed E-state index contributed by atoms with van der Waals surface area (Å²) < 4.78 is 73.6. The molecular weight excluding hydrogens is 831 g/mol. The third-order valence-corrected chi connectivity index (χ3v) is 8.85. The van der Waals surface area contributed by atoms with Crippen molar-refractivity contribution >= 4 is 71.0 Å². The fourth-order valence-corrected chi connectivity index (χ4v) is 6.85. The van der Waals surface area contributed by atoms with Crippen molar-refractivity contribution in [3.8, 4) is 0 Å². The molecule has 3 fully saturated rings. The molecule has 0 amide bonds.